The van der Waals surface area contributed by atoms with Crippen LogP contribution in [0.3, 0.4) is 0 Å². The Balaban J connectivity index is 1.77. The van der Waals surface area contributed by atoms with Crippen molar-refractivity contribution in [3.8, 4) is 11.3 Å². The zero-order valence-electron chi connectivity index (χ0n) is 17.4. The summed E-state index contributed by atoms with van der Waals surface area (Å²) >= 11 is 0. The third-order valence-electron chi connectivity index (χ3n) is 4.61. The molecular formula is C23H22FN3O4. The van der Waals surface area contributed by atoms with Gasteiger partial charge >= 0.3 is 5.97 Å². The van der Waals surface area contributed by atoms with Crippen LogP contribution in [0.25, 0.3) is 11.3 Å². The first kappa shape index (κ1) is 22.0. The van der Waals surface area contributed by atoms with E-state index in [1.165, 1.54) is 25.6 Å². The third kappa shape index (κ3) is 5.29. The Hall–Kier alpha value is -3.65. The Bertz CT molecular complexity index is 1080. The van der Waals surface area contributed by atoms with Gasteiger partial charge in [0.15, 0.2) is 5.82 Å². The minimum Gasteiger partial charge on any atom is -0.460 e. The van der Waals surface area contributed by atoms with E-state index in [1.54, 1.807) is 37.3 Å². The number of anilines is 1. The van der Waals surface area contributed by atoms with Crippen molar-refractivity contribution in [3.63, 3.8) is 0 Å². The molecule has 0 saturated heterocycles. The predicted octanol–water partition coefficient (Wildman–Crippen LogP) is 3.96. The fraction of sp³-hybridized carbons (Fsp3) is 0.217. The predicted molar refractivity (Wildman–Crippen MR) is 113 cm³/mol. The molecule has 1 amide bonds. The Labute approximate surface area is 179 Å². The number of hydrogen-bond donors (Lipinski definition) is 1. The lowest BCUT2D eigenvalue weighted by Gasteiger charge is -2.10. The topological polar surface area (TPSA) is 90.4 Å². The lowest BCUT2D eigenvalue weighted by Crippen LogP contribution is -2.16. The number of rotatable bonds is 7. The van der Waals surface area contributed by atoms with Crippen LogP contribution >= 0.6 is 0 Å². The van der Waals surface area contributed by atoms with E-state index >= 15 is 0 Å². The molecule has 0 spiro atoms. The van der Waals surface area contributed by atoms with Crippen molar-refractivity contribution in [2.45, 2.75) is 13.8 Å². The van der Waals surface area contributed by atoms with E-state index in [-0.39, 0.29) is 18.0 Å². The lowest BCUT2D eigenvalue weighted by molar-refractivity contribution is 0.0388. The molecule has 160 valence electrons. The quantitative estimate of drug-likeness (QED) is 0.457. The highest BCUT2D eigenvalue weighted by Crippen LogP contribution is 2.23. The van der Waals surface area contributed by atoms with Gasteiger partial charge < -0.3 is 14.8 Å². The first-order chi connectivity index (χ1) is 14.9. The molecule has 0 bridgehead atoms. The van der Waals surface area contributed by atoms with Crippen LogP contribution in [0.5, 0.6) is 0 Å². The fourth-order valence-electron chi connectivity index (χ4n) is 2.96. The van der Waals surface area contributed by atoms with Gasteiger partial charge in [0.1, 0.15) is 12.4 Å². The van der Waals surface area contributed by atoms with Gasteiger partial charge in [0.2, 0.25) is 0 Å². The summed E-state index contributed by atoms with van der Waals surface area (Å²) in [6.07, 6.45) is 2.86. The SMILES string of the molecule is COCCOC(=O)c1ccc(C)c(-c2cnc(NC(=O)c3c(C)cccc3F)cn2)c1. The van der Waals surface area contributed by atoms with Gasteiger partial charge in [-0.05, 0) is 43.2 Å². The van der Waals surface area contributed by atoms with Crippen molar-refractivity contribution < 1.29 is 23.5 Å². The van der Waals surface area contributed by atoms with Crippen LogP contribution in [0.1, 0.15) is 31.8 Å². The number of nitrogens with zero attached hydrogens (tertiary/aromatic N) is 2. The van der Waals surface area contributed by atoms with E-state index < -0.39 is 17.7 Å². The number of ether oxygens (including phenoxy) is 2. The van der Waals surface area contributed by atoms with E-state index in [4.69, 9.17) is 9.47 Å². The molecular weight excluding hydrogens is 401 g/mol. The molecule has 0 radical (unpaired) electrons. The van der Waals surface area contributed by atoms with Crippen LogP contribution in [-0.2, 0) is 9.47 Å². The largest absolute Gasteiger partial charge is 0.460 e. The molecule has 0 unspecified atom stereocenters. The number of benzene rings is 2. The first-order valence-electron chi connectivity index (χ1n) is 9.56. The highest BCUT2D eigenvalue weighted by atomic mass is 19.1. The van der Waals surface area contributed by atoms with E-state index in [0.717, 1.165) is 5.56 Å². The number of carbonyl (C=O) groups excluding carboxylic acids is 2. The van der Waals surface area contributed by atoms with Gasteiger partial charge in [0.05, 0.1) is 35.8 Å². The van der Waals surface area contributed by atoms with Gasteiger partial charge in [-0.1, -0.05) is 18.2 Å². The molecule has 1 aromatic heterocycles. The van der Waals surface area contributed by atoms with Crippen LogP contribution < -0.4 is 5.32 Å². The summed E-state index contributed by atoms with van der Waals surface area (Å²) in [4.78, 5) is 33.1. The molecule has 0 aliphatic heterocycles. The molecule has 2 aromatic carbocycles. The van der Waals surface area contributed by atoms with Crippen molar-refractivity contribution in [2.24, 2.45) is 0 Å². The van der Waals surface area contributed by atoms with Gasteiger partial charge in [-0.3, -0.25) is 9.78 Å². The summed E-state index contributed by atoms with van der Waals surface area (Å²) in [5, 5.41) is 2.55. The molecule has 1 N–H and O–H groups in total. The van der Waals surface area contributed by atoms with E-state index in [0.29, 0.717) is 29.0 Å². The van der Waals surface area contributed by atoms with E-state index in [1.807, 2.05) is 6.92 Å². The average molecular weight is 423 g/mol. The Morgan fingerprint density at radius 1 is 1.03 bits per heavy atom. The number of hydrogen-bond acceptors (Lipinski definition) is 6. The molecule has 31 heavy (non-hydrogen) atoms. The number of halogens is 1. The molecule has 0 atom stereocenters. The number of esters is 1. The minimum absolute atomic E-state index is 0.0380. The van der Waals surface area contributed by atoms with E-state index in [9.17, 15) is 14.0 Å². The molecule has 0 fully saturated rings. The Morgan fingerprint density at radius 3 is 2.52 bits per heavy atom. The van der Waals surface area contributed by atoms with Crippen LogP contribution in [0.15, 0.2) is 48.8 Å². The molecule has 7 nitrogen and oxygen atoms in total. The third-order valence-corrected chi connectivity index (χ3v) is 4.61. The summed E-state index contributed by atoms with van der Waals surface area (Å²) < 4.78 is 24.0. The number of aromatic nitrogens is 2. The smallest absolute Gasteiger partial charge is 0.338 e. The summed E-state index contributed by atoms with van der Waals surface area (Å²) in [6.45, 7) is 4.01. The second kappa shape index (κ2) is 9.90. The van der Waals surface area contributed by atoms with Crippen molar-refractivity contribution in [1.29, 1.82) is 0 Å². The van der Waals surface area contributed by atoms with Gasteiger partial charge in [0, 0.05) is 12.7 Å². The highest BCUT2D eigenvalue weighted by molar-refractivity contribution is 6.05. The summed E-state index contributed by atoms with van der Waals surface area (Å²) in [5.41, 5.74) is 2.98. The van der Waals surface area contributed by atoms with Crippen molar-refractivity contribution in [2.75, 3.05) is 25.6 Å². The Kier molecular flexibility index (Phi) is 7.04. The van der Waals surface area contributed by atoms with Crippen molar-refractivity contribution in [1.82, 2.24) is 9.97 Å². The van der Waals surface area contributed by atoms with Crippen LogP contribution in [0.4, 0.5) is 10.2 Å². The second-order valence-electron chi connectivity index (χ2n) is 6.83. The number of methoxy groups -OCH3 is 1. The molecule has 8 heteroatoms. The minimum atomic E-state index is -0.605. The maximum absolute atomic E-state index is 14.0. The Morgan fingerprint density at radius 2 is 1.84 bits per heavy atom. The van der Waals surface area contributed by atoms with Gasteiger partial charge in [0.25, 0.3) is 5.91 Å². The number of aryl methyl sites for hydroxylation is 2. The van der Waals surface area contributed by atoms with Crippen LogP contribution in [0, 0.1) is 19.7 Å². The number of carbonyl (C=O) groups is 2. The van der Waals surface area contributed by atoms with Crippen LogP contribution in [-0.4, -0.2) is 42.2 Å². The molecule has 3 rings (SSSR count). The summed E-state index contributed by atoms with van der Waals surface area (Å²) in [7, 11) is 1.53. The normalized spacial score (nSPS) is 10.6. The average Bonchev–Trinajstić information content (AvgIpc) is 2.75. The van der Waals surface area contributed by atoms with Crippen molar-refractivity contribution in [3.05, 3.63) is 76.9 Å². The maximum atomic E-state index is 14.0. The van der Waals surface area contributed by atoms with Gasteiger partial charge in [-0.15, -0.1) is 0 Å². The van der Waals surface area contributed by atoms with E-state index in [2.05, 4.69) is 15.3 Å². The lowest BCUT2D eigenvalue weighted by atomic mass is 10.0. The van der Waals surface area contributed by atoms with Gasteiger partial charge in [-0.25, -0.2) is 14.2 Å². The maximum Gasteiger partial charge on any atom is 0.338 e. The van der Waals surface area contributed by atoms with Crippen molar-refractivity contribution >= 4 is 17.7 Å². The van der Waals surface area contributed by atoms with Gasteiger partial charge in [-0.2, -0.15) is 0 Å². The molecule has 1 heterocycles. The molecule has 0 aliphatic carbocycles. The molecule has 3 aromatic rings. The standard InChI is InChI=1S/C23H22FN3O4/c1-14-7-8-16(23(29)31-10-9-30-3)11-17(14)19-12-26-20(13-25-19)27-22(28)21-15(2)5-4-6-18(21)24/h4-8,11-13H,9-10H2,1-3H3,(H,26,27,28). The first-order valence-corrected chi connectivity index (χ1v) is 9.56. The van der Waals surface area contributed by atoms with Crippen LogP contribution in [0.2, 0.25) is 0 Å². The summed E-state index contributed by atoms with van der Waals surface area (Å²) in [5.74, 6) is -1.49. The monoisotopic (exact) mass is 423 g/mol. The zero-order valence-corrected chi connectivity index (χ0v) is 17.4. The number of amides is 1. The summed E-state index contributed by atoms with van der Waals surface area (Å²) in [6, 6.07) is 9.57. The molecule has 0 aliphatic rings. The molecule has 0 saturated carbocycles. The fourth-order valence-corrected chi connectivity index (χ4v) is 2.96. The number of nitrogens with one attached hydrogen (secondary N) is 1. The highest BCUT2D eigenvalue weighted by Gasteiger charge is 2.16. The zero-order chi connectivity index (χ0) is 22.4. The second-order valence-corrected chi connectivity index (χ2v) is 6.83.